The summed E-state index contributed by atoms with van der Waals surface area (Å²) in [6, 6.07) is 7.77. The average Bonchev–Trinajstić information content (AvgIpc) is 2.33. The Morgan fingerprint density at radius 1 is 1.28 bits per heavy atom. The fraction of sp³-hybridized carbons (Fsp3) is 0.231. The Bertz CT molecular complexity index is 572. The number of rotatable bonds is 3. The maximum atomic E-state index is 5.95. The van der Waals surface area contributed by atoms with Crippen LogP contribution in [0.1, 0.15) is 18.3 Å². The standard InChI is InChI=1S/C13H13BrClN3/c1-3-12-17-11(15)7-13(18-12)16-9-5-4-8(2)10(14)6-9/h4-7H,3H2,1-2H3,(H,16,17,18). The third-order valence-electron chi connectivity index (χ3n) is 2.50. The third kappa shape index (κ3) is 3.21. The van der Waals surface area contributed by atoms with Crippen LogP contribution in [-0.2, 0) is 6.42 Å². The number of halogens is 2. The van der Waals surface area contributed by atoms with Crippen LogP contribution in [0.3, 0.4) is 0 Å². The highest BCUT2D eigenvalue weighted by Crippen LogP contribution is 2.23. The molecule has 0 saturated heterocycles. The molecule has 18 heavy (non-hydrogen) atoms. The molecule has 1 heterocycles. The van der Waals surface area contributed by atoms with Crippen molar-refractivity contribution < 1.29 is 0 Å². The molecule has 5 heteroatoms. The summed E-state index contributed by atoms with van der Waals surface area (Å²) >= 11 is 9.45. The number of hydrogen-bond donors (Lipinski definition) is 1. The zero-order chi connectivity index (χ0) is 13.1. The molecule has 0 aliphatic carbocycles. The molecule has 0 aliphatic heterocycles. The number of aromatic nitrogens is 2. The summed E-state index contributed by atoms with van der Waals surface area (Å²) in [6.45, 7) is 4.04. The minimum Gasteiger partial charge on any atom is -0.340 e. The molecular weight excluding hydrogens is 314 g/mol. The summed E-state index contributed by atoms with van der Waals surface area (Å²) in [5, 5.41) is 3.68. The Morgan fingerprint density at radius 2 is 2.06 bits per heavy atom. The molecule has 0 atom stereocenters. The van der Waals surface area contributed by atoms with E-state index in [-0.39, 0.29) is 0 Å². The summed E-state index contributed by atoms with van der Waals surface area (Å²) in [5.41, 5.74) is 2.15. The molecule has 0 unspecified atom stereocenters. The number of nitrogens with one attached hydrogen (secondary N) is 1. The first-order valence-corrected chi connectivity index (χ1v) is 6.82. The van der Waals surface area contributed by atoms with Gasteiger partial charge in [0.1, 0.15) is 16.8 Å². The second kappa shape index (κ2) is 5.67. The van der Waals surface area contributed by atoms with Gasteiger partial charge in [0.25, 0.3) is 0 Å². The molecular formula is C13H13BrClN3. The second-order valence-electron chi connectivity index (χ2n) is 3.93. The van der Waals surface area contributed by atoms with Gasteiger partial charge in [-0.25, -0.2) is 9.97 Å². The van der Waals surface area contributed by atoms with Gasteiger partial charge >= 0.3 is 0 Å². The van der Waals surface area contributed by atoms with Gasteiger partial charge in [0.15, 0.2) is 0 Å². The number of aryl methyl sites for hydroxylation is 2. The van der Waals surface area contributed by atoms with E-state index in [1.807, 2.05) is 32.0 Å². The van der Waals surface area contributed by atoms with Crippen molar-refractivity contribution in [1.29, 1.82) is 0 Å². The van der Waals surface area contributed by atoms with Gasteiger partial charge in [-0.15, -0.1) is 0 Å². The van der Waals surface area contributed by atoms with Crippen LogP contribution in [0.25, 0.3) is 0 Å². The van der Waals surface area contributed by atoms with Crippen LogP contribution < -0.4 is 5.32 Å². The quantitative estimate of drug-likeness (QED) is 0.843. The normalized spacial score (nSPS) is 10.4. The van der Waals surface area contributed by atoms with Crippen molar-refractivity contribution in [1.82, 2.24) is 9.97 Å². The van der Waals surface area contributed by atoms with Gasteiger partial charge in [0.05, 0.1) is 0 Å². The van der Waals surface area contributed by atoms with E-state index >= 15 is 0 Å². The molecule has 0 bridgehead atoms. The smallest absolute Gasteiger partial charge is 0.135 e. The van der Waals surface area contributed by atoms with E-state index in [0.717, 1.165) is 22.4 Å². The van der Waals surface area contributed by atoms with Crippen LogP contribution in [0.15, 0.2) is 28.7 Å². The SMILES string of the molecule is CCc1nc(Cl)cc(Nc2ccc(C)c(Br)c2)n1. The van der Waals surface area contributed by atoms with Gasteiger partial charge < -0.3 is 5.32 Å². The van der Waals surface area contributed by atoms with Crippen molar-refractivity contribution in [3.8, 4) is 0 Å². The molecule has 2 rings (SSSR count). The van der Waals surface area contributed by atoms with Gasteiger partial charge in [0, 0.05) is 22.6 Å². The summed E-state index contributed by atoms with van der Waals surface area (Å²) in [4.78, 5) is 8.51. The van der Waals surface area contributed by atoms with Gasteiger partial charge in [-0.2, -0.15) is 0 Å². The highest BCUT2D eigenvalue weighted by Gasteiger charge is 2.03. The van der Waals surface area contributed by atoms with E-state index in [9.17, 15) is 0 Å². The highest BCUT2D eigenvalue weighted by molar-refractivity contribution is 9.10. The maximum Gasteiger partial charge on any atom is 0.135 e. The Kier molecular flexibility index (Phi) is 4.19. The zero-order valence-corrected chi connectivity index (χ0v) is 12.5. The van der Waals surface area contributed by atoms with Crippen molar-refractivity contribution in [3.05, 3.63) is 45.3 Å². The third-order valence-corrected chi connectivity index (χ3v) is 3.55. The molecule has 0 saturated carbocycles. The van der Waals surface area contributed by atoms with Crippen LogP contribution in [0.5, 0.6) is 0 Å². The minimum atomic E-state index is 0.454. The molecule has 1 N–H and O–H groups in total. The molecule has 0 amide bonds. The van der Waals surface area contributed by atoms with Crippen molar-refractivity contribution in [2.24, 2.45) is 0 Å². The Labute approximate surface area is 120 Å². The molecule has 0 fully saturated rings. The predicted octanol–water partition coefficient (Wildman–Crippen LogP) is 4.51. The molecule has 1 aromatic heterocycles. The van der Waals surface area contributed by atoms with Gasteiger partial charge in [-0.05, 0) is 24.6 Å². The fourth-order valence-electron chi connectivity index (χ4n) is 1.51. The number of anilines is 2. The maximum absolute atomic E-state index is 5.95. The lowest BCUT2D eigenvalue weighted by molar-refractivity contribution is 0.943. The second-order valence-corrected chi connectivity index (χ2v) is 5.18. The minimum absolute atomic E-state index is 0.454. The first-order chi connectivity index (χ1) is 8.58. The lowest BCUT2D eigenvalue weighted by Gasteiger charge is -2.08. The van der Waals surface area contributed by atoms with E-state index in [4.69, 9.17) is 11.6 Å². The van der Waals surface area contributed by atoms with E-state index in [1.54, 1.807) is 6.07 Å². The summed E-state index contributed by atoms with van der Waals surface area (Å²) < 4.78 is 1.06. The lowest BCUT2D eigenvalue weighted by Crippen LogP contribution is -1.99. The first kappa shape index (κ1) is 13.3. The van der Waals surface area contributed by atoms with Crippen molar-refractivity contribution in [3.63, 3.8) is 0 Å². The average molecular weight is 327 g/mol. The number of hydrogen-bond acceptors (Lipinski definition) is 3. The largest absolute Gasteiger partial charge is 0.340 e. The Balaban J connectivity index is 2.27. The summed E-state index contributed by atoms with van der Waals surface area (Å²) in [7, 11) is 0. The van der Waals surface area contributed by atoms with Crippen LogP contribution in [-0.4, -0.2) is 9.97 Å². The topological polar surface area (TPSA) is 37.8 Å². The molecule has 0 spiro atoms. The van der Waals surface area contributed by atoms with E-state index in [0.29, 0.717) is 11.0 Å². The van der Waals surface area contributed by atoms with Gasteiger partial charge in [-0.1, -0.05) is 40.5 Å². The lowest BCUT2D eigenvalue weighted by atomic mass is 10.2. The predicted molar refractivity (Wildman–Crippen MR) is 78.6 cm³/mol. The molecule has 3 nitrogen and oxygen atoms in total. The Hall–Kier alpha value is -1.13. The van der Waals surface area contributed by atoms with Gasteiger partial charge in [0.2, 0.25) is 0 Å². The van der Waals surface area contributed by atoms with E-state index in [2.05, 4.69) is 31.2 Å². The molecule has 94 valence electrons. The van der Waals surface area contributed by atoms with Gasteiger partial charge in [-0.3, -0.25) is 0 Å². The Morgan fingerprint density at radius 3 is 2.72 bits per heavy atom. The van der Waals surface area contributed by atoms with Crippen LogP contribution >= 0.6 is 27.5 Å². The van der Waals surface area contributed by atoms with E-state index < -0.39 is 0 Å². The fourth-order valence-corrected chi connectivity index (χ4v) is 2.09. The molecule has 2 aromatic rings. The first-order valence-electron chi connectivity index (χ1n) is 5.65. The van der Waals surface area contributed by atoms with Crippen LogP contribution in [0, 0.1) is 6.92 Å². The zero-order valence-electron chi connectivity index (χ0n) is 10.2. The number of benzene rings is 1. The van der Waals surface area contributed by atoms with Crippen LogP contribution in [0.2, 0.25) is 5.15 Å². The van der Waals surface area contributed by atoms with Crippen LogP contribution in [0.4, 0.5) is 11.5 Å². The van der Waals surface area contributed by atoms with Crippen molar-refractivity contribution in [2.45, 2.75) is 20.3 Å². The summed E-state index contributed by atoms with van der Waals surface area (Å²) in [5.74, 6) is 1.44. The molecule has 1 aromatic carbocycles. The summed E-state index contributed by atoms with van der Waals surface area (Å²) in [6.07, 6.45) is 0.757. The highest BCUT2D eigenvalue weighted by atomic mass is 79.9. The van der Waals surface area contributed by atoms with E-state index in [1.165, 1.54) is 5.56 Å². The number of nitrogens with zero attached hydrogens (tertiary/aromatic N) is 2. The molecule has 0 radical (unpaired) electrons. The molecule has 0 aliphatic rings. The van der Waals surface area contributed by atoms with Crippen molar-refractivity contribution in [2.75, 3.05) is 5.32 Å². The monoisotopic (exact) mass is 325 g/mol. The van der Waals surface area contributed by atoms with Crippen molar-refractivity contribution >= 4 is 39.0 Å².